The maximum Gasteiger partial charge on any atom is 0.302 e. The Morgan fingerprint density at radius 3 is 2.23 bits per heavy atom. The number of hydrogen-bond acceptors (Lipinski definition) is 5. The van der Waals surface area contributed by atoms with E-state index in [1.807, 2.05) is 13.0 Å². The van der Waals surface area contributed by atoms with Crippen LogP contribution >= 0.6 is 0 Å². The lowest BCUT2D eigenvalue weighted by Crippen LogP contribution is -2.67. The normalized spacial score (nSPS) is 49.1. The van der Waals surface area contributed by atoms with E-state index in [2.05, 4.69) is 46.3 Å². The van der Waals surface area contributed by atoms with E-state index in [4.69, 9.17) is 4.74 Å². The number of ether oxygens (including phenoxy) is 1. The van der Waals surface area contributed by atoms with Crippen LogP contribution in [-0.2, 0) is 24.3 Å². The summed E-state index contributed by atoms with van der Waals surface area (Å²) in [6.07, 6.45) is 11.6. The minimum Gasteiger partial charge on any atom is -0.462 e. The number of allylic oxidation sites excluding steroid dienone is 2. The van der Waals surface area contributed by atoms with Crippen LogP contribution in [0.2, 0.25) is 0 Å². The molecule has 0 aromatic heterocycles. The van der Waals surface area contributed by atoms with Crippen LogP contribution < -0.4 is 4.72 Å². The highest BCUT2D eigenvalue weighted by Crippen LogP contribution is 2.74. The van der Waals surface area contributed by atoms with Gasteiger partial charge in [0.2, 0.25) is 10.0 Å². The second-order valence-electron chi connectivity index (χ2n) is 16.1. The van der Waals surface area contributed by atoms with Crippen molar-refractivity contribution in [2.75, 3.05) is 6.26 Å². The van der Waals surface area contributed by atoms with E-state index in [0.717, 1.165) is 57.8 Å². The molecule has 222 valence electrons. The van der Waals surface area contributed by atoms with Crippen LogP contribution in [0.15, 0.2) is 11.6 Å². The summed E-state index contributed by atoms with van der Waals surface area (Å²) in [5, 5.41) is 0. The molecule has 4 saturated carbocycles. The van der Waals surface area contributed by atoms with E-state index in [1.165, 1.54) is 18.8 Å². The average molecular weight is 564 g/mol. The number of ketones is 1. The molecule has 0 aliphatic heterocycles. The molecule has 0 aromatic carbocycles. The third-order valence-electron chi connectivity index (χ3n) is 13.3. The minimum absolute atomic E-state index is 0. The van der Waals surface area contributed by atoms with Crippen LogP contribution in [0.25, 0.3) is 0 Å². The smallest absolute Gasteiger partial charge is 0.302 e. The lowest BCUT2D eigenvalue weighted by molar-refractivity contribution is -0.210. The molecule has 1 N–H and O–H groups in total. The summed E-state index contributed by atoms with van der Waals surface area (Å²) in [4.78, 5) is 26.4. The number of sulfonamides is 1. The highest BCUT2D eigenvalue weighted by atomic mass is 32.2. The molecule has 5 aliphatic carbocycles. The van der Waals surface area contributed by atoms with Gasteiger partial charge in [0.05, 0.1) is 6.26 Å². The van der Waals surface area contributed by atoms with Gasteiger partial charge in [-0.3, -0.25) is 9.59 Å². The zero-order valence-electron chi connectivity index (χ0n) is 25.7. The van der Waals surface area contributed by atoms with E-state index >= 15 is 0 Å². The first kappa shape index (κ1) is 29.3. The number of hydrogen-bond donors (Lipinski definition) is 1. The number of rotatable bonds is 3. The Morgan fingerprint density at radius 2 is 1.62 bits per heavy atom. The van der Waals surface area contributed by atoms with Crippen molar-refractivity contribution < 1.29 is 24.2 Å². The highest BCUT2D eigenvalue weighted by Gasteiger charge is 2.70. The van der Waals surface area contributed by atoms with Gasteiger partial charge in [-0.2, -0.15) is 0 Å². The zero-order chi connectivity index (χ0) is 29.0. The summed E-state index contributed by atoms with van der Waals surface area (Å²) >= 11 is 0. The van der Waals surface area contributed by atoms with Crippen LogP contribution in [0, 0.1) is 44.8 Å². The first-order chi connectivity index (χ1) is 17.7. The molecule has 5 rings (SSSR count). The Kier molecular flexibility index (Phi) is 6.50. The molecule has 39 heavy (non-hydrogen) atoms. The van der Waals surface area contributed by atoms with Crippen molar-refractivity contribution in [1.29, 1.82) is 0 Å². The Balaban J connectivity index is 0.00000370. The van der Waals surface area contributed by atoms with Crippen molar-refractivity contribution in [1.82, 2.24) is 4.72 Å². The average Bonchev–Trinajstić information content (AvgIpc) is 2.77. The summed E-state index contributed by atoms with van der Waals surface area (Å²) in [6, 6.07) is 0. The van der Waals surface area contributed by atoms with Crippen LogP contribution in [0.5, 0.6) is 0 Å². The van der Waals surface area contributed by atoms with Crippen molar-refractivity contribution in [3.63, 3.8) is 0 Å². The summed E-state index contributed by atoms with van der Waals surface area (Å²) in [7, 11) is -3.34. The fourth-order valence-corrected chi connectivity index (χ4v) is 12.2. The molecule has 0 heterocycles. The van der Waals surface area contributed by atoms with Gasteiger partial charge < -0.3 is 4.74 Å². The summed E-state index contributed by atoms with van der Waals surface area (Å²) in [6.45, 7) is 17.6. The second-order valence-corrected chi connectivity index (χ2v) is 17.8. The van der Waals surface area contributed by atoms with Crippen LogP contribution in [0.3, 0.4) is 0 Å². The van der Waals surface area contributed by atoms with Crippen molar-refractivity contribution >= 4 is 21.8 Å². The van der Waals surface area contributed by atoms with E-state index in [-0.39, 0.29) is 58.2 Å². The molecule has 0 bridgehead atoms. The molecule has 4 fully saturated rings. The largest absolute Gasteiger partial charge is 0.462 e. The zero-order valence-corrected chi connectivity index (χ0v) is 26.5. The molecule has 7 heteroatoms. The van der Waals surface area contributed by atoms with E-state index < -0.39 is 15.6 Å². The fourth-order valence-electron chi connectivity index (χ4n) is 11.1. The molecular weight excluding hydrogens is 510 g/mol. The lowest BCUT2D eigenvalue weighted by Gasteiger charge is -2.70. The maximum atomic E-state index is 14.5. The maximum absolute atomic E-state index is 14.5. The number of nitrogens with one attached hydrogen (secondary N) is 1. The van der Waals surface area contributed by atoms with E-state index in [9.17, 15) is 18.0 Å². The van der Waals surface area contributed by atoms with Gasteiger partial charge in [-0.1, -0.05) is 47.1 Å². The van der Waals surface area contributed by atoms with Crippen LogP contribution in [0.1, 0.15) is 115 Å². The number of fused-ring (bicyclic) bond motifs is 7. The first-order valence-electron chi connectivity index (χ1n) is 15.1. The standard InChI is InChI=1S/C32H51NO5S.H2/c1-20(34)38-25-11-12-30(6)24(27(25,2)3)10-13-32(8)26(30)23(35)18-21-22-19-29(5,33-39(9,36)37)16-14-28(22,4)15-17-31(21,32)7;/h18,22,24-26,33H,10-17,19H2,1-9H3;1H/t22-,24-,25-,26+,28+,29-,30-,31+,32+;/m0./s1. The monoisotopic (exact) mass is 563 g/mol. The highest BCUT2D eigenvalue weighted by molar-refractivity contribution is 7.88. The molecule has 0 spiro atoms. The molecule has 0 amide bonds. The van der Waals surface area contributed by atoms with Gasteiger partial charge in [0, 0.05) is 25.2 Å². The van der Waals surface area contributed by atoms with Crippen molar-refractivity contribution in [2.45, 2.75) is 125 Å². The number of carbonyl (C=O) groups excluding carboxylic acids is 2. The molecular formula is C32H53NO5S. The predicted octanol–water partition coefficient (Wildman–Crippen LogP) is 6.45. The second kappa shape index (κ2) is 8.65. The Bertz CT molecular complexity index is 1230. The molecule has 5 aliphatic rings. The topological polar surface area (TPSA) is 89.5 Å². The third kappa shape index (κ3) is 4.21. The SMILES string of the molecule is CC(=O)O[C@H]1CC[C@]2(C)[C@H]3C(=O)C=C4[C@@H]5C[C@@](C)(NS(C)(=O)=O)CC[C@]5(C)CC[C@@]4(C)[C@]3(C)CC[C@H]2C1(C)C.[HH]. The molecule has 9 atom stereocenters. The van der Waals surface area contributed by atoms with Gasteiger partial charge >= 0.3 is 5.97 Å². The van der Waals surface area contributed by atoms with Gasteiger partial charge in [0.1, 0.15) is 6.10 Å². The van der Waals surface area contributed by atoms with E-state index in [1.54, 1.807) is 0 Å². The third-order valence-corrected chi connectivity index (χ3v) is 14.1. The minimum atomic E-state index is -3.34. The molecule has 0 radical (unpaired) electrons. The summed E-state index contributed by atoms with van der Waals surface area (Å²) in [5.41, 5.74) is 0.246. The lowest BCUT2D eigenvalue weighted by atomic mass is 9.33. The van der Waals surface area contributed by atoms with Crippen molar-refractivity contribution in [2.24, 2.45) is 44.8 Å². The molecule has 6 nitrogen and oxygen atoms in total. The molecule has 0 unspecified atom stereocenters. The quantitative estimate of drug-likeness (QED) is 0.399. The Hall–Kier alpha value is -1.21. The van der Waals surface area contributed by atoms with Gasteiger partial charge in [0.15, 0.2) is 5.78 Å². The number of esters is 1. The van der Waals surface area contributed by atoms with Gasteiger partial charge in [0.25, 0.3) is 0 Å². The van der Waals surface area contributed by atoms with Crippen LogP contribution in [-0.4, -0.2) is 38.1 Å². The first-order valence-corrected chi connectivity index (χ1v) is 17.0. The van der Waals surface area contributed by atoms with Gasteiger partial charge in [-0.05, 0) is 104 Å². The Morgan fingerprint density at radius 1 is 0.974 bits per heavy atom. The Labute approximate surface area is 238 Å². The van der Waals surface area contributed by atoms with Crippen LogP contribution in [0.4, 0.5) is 0 Å². The fraction of sp³-hybridized carbons (Fsp3) is 0.875. The molecule has 0 aromatic rings. The predicted molar refractivity (Wildman–Crippen MR) is 155 cm³/mol. The summed E-state index contributed by atoms with van der Waals surface area (Å²) < 4.78 is 33.4. The van der Waals surface area contributed by atoms with E-state index in [0.29, 0.717) is 5.92 Å². The van der Waals surface area contributed by atoms with Crippen molar-refractivity contribution in [3.8, 4) is 0 Å². The van der Waals surface area contributed by atoms with Gasteiger partial charge in [-0.25, -0.2) is 13.1 Å². The summed E-state index contributed by atoms with van der Waals surface area (Å²) in [5.74, 6) is 0.471. The number of carbonyl (C=O) groups is 2. The van der Waals surface area contributed by atoms with Gasteiger partial charge in [-0.15, -0.1) is 0 Å². The molecule has 0 saturated heterocycles. The van der Waals surface area contributed by atoms with Crippen molar-refractivity contribution in [3.05, 3.63) is 11.6 Å².